The molecule has 11 nitrogen and oxygen atoms in total. The maximum Gasteiger partial charge on any atom is 0.306 e. The molecule has 11 heteroatoms. The van der Waals surface area contributed by atoms with Crippen molar-refractivity contribution < 1.29 is 49.3 Å². The molecular formula is C70H123NO10. The van der Waals surface area contributed by atoms with E-state index in [1.54, 1.807) is 6.08 Å². The predicted octanol–water partition coefficient (Wildman–Crippen LogP) is 16.5. The minimum absolute atomic E-state index is 0.111. The molecule has 0 radical (unpaired) electrons. The van der Waals surface area contributed by atoms with Crippen LogP contribution in [0.4, 0.5) is 0 Å². The number of nitrogens with one attached hydrogen (secondary N) is 1. The molecule has 0 spiro atoms. The van der Waals surface area contributed by atoms with E-state index in [1.807, 2.05) is 6.08 Å². The molecular weight excluding hydrogens is 1010 g/mol. The number of carbonyl (C=O) groups excluding carboxylic acids is 2. The Bertz CT molecular complexity index is 1640. The first-order chi connectivity index (χ1) is 39.7. The zero-order chi connectivity index (χ0) is 58.9. The van der Waals surface area contributed by atoms with E-state index in [-0.39, 0.29) is 13.0 Å². The second-order valence-corrected chi connectivity index (χ2v) is 22.8. The van der Waals surface area contributed by atoms with E-state index < -0.39 is 67.4 Å². The Morgan fingerprint density at radius 1 is 0.494 bits per heavy atom. The molecule has 6 N–H and O–H groups in total. The van der Waals surface area contributed by atoms with Crippen LogP contribution in [0.5, 0.6) is 0 Å². The Morgan fingerprint density at radius 3 is 1.33 bits per heavy atom. The van der Waals surface area contributed by atoms with E-state index in [1.165, 1.54) is 128 Å². The highest BCUT2D eigenvalue weighted by Crippen LogP contribution is 2.26. The number of allylic oxidation sites excluding steroid dienone is 13. The summed E-state index contributed by atoms with van der Waals surface area (Å²) in [6.07, 6.45) is 64.8. The molecule has 1 rings (SSSR count). The molecule has 0 bridgehead atoms. The SMILES string of the molecule is CC/C=C\C/C=C\C/C=C\C/C=C\C/C=C\C/C=C\CCCCCCCCCCC(=O)OC1C(OCC(NC(=O)C(O)CCCCCCCCCCCCCCC)C(O)/C=C/CCCCCCCCCCCC)OC(CO)C(O)C1O. The van der Waals surface area contributed by atoms with Gasteiger partial charge in [-0.05, 0) is 77.0 Å². The van der Waals surface area contributed by atoms with Crippen molar-refractivity contribution in [2.45, 2.75) is 333 Å². The summed E-state index contributed by atoms with van der Waals surface area (Å²) >= 11 is 0. The maximum atomic E-state index is 13.4. The number of hydrogen-bond acceptors (Lipinski definition) is 10. The lowest BCUT2D eigenvalue weighted by Gasteiger charge is -2.41. The molecule has 81 heavy (non-hydrogen) atoms. The number of carbonyl (C=O) groups is 2. The van der Waals surface area contributed by atoms with E-state index in [0.717, 1.165) is 109 Å². The fourth-order valence-electron chi connectivity index (χ4n) is 10.1. The van der Waals surface area contributed by atoms with Gasteiger partial charge in [0.25, 0.3) is 0 Å². The van der Waals surface area contributed by atoms with Crippen LogP contribution in [-0.2, 0) is 23.8 Å². The van der Waals surface area contributed by atoms with Crippen LogP contribution >= 0.6 is 0 Å². The van der Waals surface area contributed by atoms with Gasteiger partial charge in [0.15, 0.2) is 12.4 Å². The van der Waals surface area contributed by atoms with E-state index in [9.17, 15) is 35.1 Å². The third-order valence-electron chi connectivity index (χ3n) is 15.3. The lowest BCUT2D eigenvalue weighted by molar-refractivity contribution is -0.305. The fraction of sp³-hybridized carbons (Fsp3) is 0.771. The van der Waals surface area contributed by atoms with Gasteiger partial charge in [-0.1, -0.05) is 286 Å². The van der Waals surface area contributed by atoms with Crippen LogP contribution in [0, 0.1) is 0 Å². The van der Waals surface area contributed by atoms with Crippen molar-refractivity contribution in [1.82, 2.24) is 5.32 Å². The first-order valence-corrected chi connectivity index (χ1v) is 33.4. The Hall–Kier alpha value is -3.16. The summed E-state index contributed by atoms with van der Waals surface area (Å²) in [6, 6.07) is -1.03. The van der Waals surface area contributed by atoms with Crippen LogP contribution in [0.1, 0.15) is 284 Å². The summed E-state index contributed by atoms with van der Waals surface area (Å²) < 4.78 is 17.6. The topological polar surface area (TPSA) is 175 Å². The van der Waals surface area contributed by atoms with Crippen molar-refractivity contribution in [1.29, 1.82) is 0 Å². The monoisotopic (exact) mass is 1140 g/mol. The van der Waals surface area contributed by atoms with E-state index in [4.69, 9.17) is 14.2 Å². The van der Waals surface area contributed by atoms with Crippen LogP contribution in [0.2, 0.25) is 0 Å². The largest absolute Gasteiger partial charge is 0.454 e. The molecule has 0 aromatic rings. The highest BCUT2D eigenvalue weighted by molar-refractivity contribution is 5.80. The minimum Gasteiger partial charge on any atom is -0.454 e. The Labute approximate surface area is 495 Å². The molecule has 8 unspecified atom stereocenters. The lowest BCUT2D eigenvalue weighted by atomic mass is 9.99. The summed E-state index contributed by atoms with van der Waals surface area (Å²) in [4.78, 5) is 26.6. The molecule has 1 fully saturated rings. The standard InChI is InChI=1S/C70H123NO10/c1-4-7-10-13-16-19-22-25-26-27-28-29-30-31-32-33-34-35-36-37-38-40-43-46-49-52-55-58-65(75)81-68-67(77)66(76)64(59-72)80-70(68)79-60-61(62(73)56-53-50-47-44-41-24-21-18-15-12-9-6-3)71-69(78)63(74)57-54-51-48-45-42-39-23-20-17-14-11-8-5-2/h7,10,16,19,25-26,28-29,31-32,34-35,53,56,61-64,66-68,70,72-74,76-77H,4-6,8-9,11-15,17-18,20-24,27,30,33,36-52,54-55,57-60H2,1-3H3,(H,71,78)/b10-7-,19-16-,26-25-,29-28-,32-31-,35-34-,56-53+. The van der Waals surface area contributed by atoms with Gasteiger partial charge >= 0.3 is 5.97 Å². The van der Waals surface area contributed by atoms with Crippen LogP contribution in [0.15, 0.2) is 85.1 Å². The molecule has 1 heterocycles. The van der Waals surface area contributed by atoms with Crippen molar-refractivity contribution in [3.8, 4) is 0 Å². The normalized spacial score (nSPS) is 19.2. The zero-order valence-electron chi connectivity index (χ0n) is 51.9. The van der Waals surface area contributed by atoms with Gasteiger partial charge in [-0.15, -0.1) is 0 Å². The van der Waals surface area contributed by atoms with Crippen LogP contribution in [0.25, 0.3) is 0 Å². The average molecular weight is 1140 g/mol. The molecule has 1 amide bonds. The van der Waals surface area contributed by atoms with Crippen molar-refractivity contribution in [2.24, 2.45) is 0 Å². The van der Waals surface area contributed by atoms with E-state index >= 15 is 0 Å². The quantitative estimate of drug-likeness (QED) is 0.0195. The predicted molar refractivity (Wildman–Crippen MR) is 338 cm³/mol. The molecule has 1 saturated heterocycles. The van der Waals surface area contributed by atoms with Gasteiger partial charge in [-0.25, -0.2) is 0 Å². The van der Waals surface area contributed by atoms with Gasteiger partial charge in [0, 0.05) is 6.42 Å². The van der Waals surface area contributed by atoms with Crippen LogP contribution in [-0.4, -0.2) is 99.6 Å². The third kappa shape index (κ3) is 45.0. The van der Waals surface area contributed by atoms with E-state index in [0.29, 0.717) is 19.3 Å². The molecule has 1 aliphatic rings. The summed E-state index contributed by atoms with van der Waals surface area (Å²) in [5, 5.41) is 57.0. The maximum absolute atomic E-state index is 13.4. The lowest BCUT2D eigenvalue weighted by Crippen LogP contribution is -2.61. The first kappa shape index (κ1) is 75.9. The Morgan fingerprint density at radius 2 is 0.889 bits per heavy atom. The highest BCUT2D eigenvalue weighted by atomic mass is 16.7. The average Bonchev–Trinajstić information content (AvgIpc) is 3.51. The van der Waals surface area contributed by atoms with Gasteiger partial charge in [-0.3, -0.25) is 9.59 Å². The van der Waals surface area contributed by atoms with Crippen LogP contribution in [0.3, 0.4) is 0 Å². The molecule has 468 valence electrons. The van der Waals surface area contributed by atoms with Crippen molar-refractivity contribution in [3.63, 3.8) is 0 Å². The molecule has 8 atom stereocenters. The summed E-state index contributed by atoms with van der Waals surface area (Å²) in [5.41, 5.74) is 0. The molecule has 1 aliphatic heterocycles. The number of aliphatic hydroxyl groups is 5. The van der Waals surface area contributed by atoms with Crippen molar-refractivity contribution in [2.75, 3.05) is 13.2 Å². The fourth-order valence-corrected chi connectivity index (χ4v) is 10.1. The van der Waals surface area contributed by atoms with Crippen molar-refractivity contribution >= 4 is 11.9 Å². The third-order valence-corrected chi connectivity index (χ3v) is 15.3. The van der Waals surface area contributed by atoms with Gasteiger partial charge in [-0.2, -0.15) is 0 Å². The first-order valence-electron chi connectivity index (χ1n) is 33.4. The number of esters is 1. The minimum atomic E-state index is -1.62. The molecule has 0 saturated carbocycles. The number of unbranched alkanes of at least 4 members (excludes halogenated alkanes) is 30. The summed E-state index contributed by atoms with van der Waals surface area (Å²) in [7, 11) is 0. The number of amides is 1. The van der Waals surface area contributed by atoms with Crippen molar-refractivity contribution in [3.05, 3.63) is 85.1 Å². The highest BCUT2D eigenvalue weighted by Gasteiger charge is 2.47. The van der Waals surface area contributed by atoms with Gasteiger partial charge in [0.1, 0.15) is 24.4 Å². The number of rotatable bonds is 56. The van der Waals surface area contributed by atoms with Crippen LogP contribution < -0.4 is 5.32 Å². The van der Waals surface area contributed by atoms with Gasteiger partial charge in [0.05, 0.1) is 25.4 Å². The molecule has 0 aliphatic carbocycles. The smallest absolute Gasteiger partial charge is 0.306 e. The van der Waals surface area contributed by atoms with Gasteiger partial charge < -0.3 is 45.1 Å². The molecule has 0 aromatic heterocycles. The number of hydrogen-bond donors (Lipinski definition) is 6. The summed E-state index contributed by atoms with van der Waals surface area (Å²) in [6.45, 7) is 5.68. The molecule has 0 aromatic carbocycles. The second-order valence-electron chi connectivity index (χ2n) is 22.8. The number of aliphatic hydroxyl groups excluding tert-OH is 5. The Balaban J connectivity index is 2.58. The second kappa shape index (κ2) is 57.3. The van der Waals surface area contributed by atoms with E-state index in [2.05, 4.69) is 99.0 Å². The zero-order valence-corrected chi connectivity index (χ0v) is 51.9. The number of ether oxygens (including phenoxy) is 3. The summed E-state index contributed by atoms with van der Waals surface area (Å²) in [5.74, 6) is -1.20. The Kier molecular flexibility index (Phi) is 53.6. The van der Waals surface area contributed by atoms with Gasteiger partial charge in [0.2, 0.25) is 5.91 Å².